The summed E-state index contributed by atoms with van der Waals surface area (Å²) in [6, 6.07) is 30.8. The van der Waals surface area contributed by atoms with Gasteiger partial charge in [0.05, 0.1) is 16.4 Å². The number of H-pyrrole nitrogens is 1. The molecule has 0 spiro atoms. The summed E-state index contributed by atoms with van der Waals surface area (Å²) in [7, 11) is -7.29. The molecule has 0 amide bonds. The second kappa shape index (κ2) is 11.8. The van der Waals surface area contributed by atoms with Gasteiger partial charge in [0.1, 0.15) is 11.4 Å². The maximum atomic E-state index is 13.2. The molecule has 6 rings (SSSR count). The van der Waals surface area contributed by atoms with Crippen molar-refractivity contribution in [2.45, 2.75) is 17.1 Å². The van der Waals surface area contributed by atoms with Gasteiger partial charge in [0.2, 0.25) is 0 Å². The maximum absolute atomic E-state index is 13.2. The van der Waals surface area contributed by atoms with Crippen LogP contribution in [0.1, 0.15) is 12.0 Å². The zero-order valence-corrected chi connectivity index (χ0v) is 25.3. The van der Waals surface area contributed by atoms with Crippen LogP contribution in [0, 0.1) is 0 Å². The van der Waals surface area contributed by atoms with Crippen molar-refractivity contribution in [3.8, 4) is 28.0 Å². The van der Waals surface area contributed by atoms with Crippen LogP contribution in [0.4, 0.5) is 0 Å². The number of benzene rings is 4. The zero-order valence-electron chi connectivity index (χ0n) is 22.9. The highest BCUT2D eigenvalue weighted by molar-refractivity contribution is 7.90. The quantitative estimate of drug-likeness (QED) is 0.125. The number of alkyl halides is 1. The van der Waals surface area contributed by atoms with Crippen LogP contribution < -0.4 is 4.18 Å². The minimum Gasteiger partial charge on any atom is -0.382 e. The Morgan fingerprint density at radius 2 is 1.49 bits per heavy atom. The van der Waals surface area contributed by atoms with E-state index in [0.29, 0.717) is 17.6 Å². The van der Waals surface area contributed by atoms with Gasteiger partial charge in [-0.15, -0.1) is 11.6 Å². The molecule has 0 unspecified atom stereocenters. The molecule has 2 aromatic heterocycles. The molecule has 0 aliphatic heterocycles. The van der Waals surface area contributed by atoms with Crippen molar-refractivity contribution in [2.24, 2.45) is 0 Å². The molecule has 0 bridgehead atoms. The second-order valence-corrected chi connectivity index (χ2v) is 14.2. The lowest BCUT2D eigenvalue weighted by atomic mass is 9.92. The average Bonchev–Trinajstić information content (AvgIpc) is 3.38. The van der Waals surface area contributed by atoms with E-state index in [-0.39, 0.29) is 28.0 Å². The molecule has 0 radical (unpaired) electrons. The molecular weight excluding hydrogens is 604 g/mol. The molecule has 43 heavy (non-hydrogen) atoms. The number of nitrogens with one attached hydrogen (secondary N) is 1. The number of rotatable bonds is 10. The predicted molar refractivity (Wildman–Crippen MR) is 172 cm³/mol. The summed E-state index contributed by atoms with van der Waals surface area (Å²) < 4.78 is 56.1. The molecule has 2 heterocycles. The zero-order chi connectivity index (χ0) is 30.0. The number of nitrogens with zero attached hydrogens (tertiary/aromatic N) is 1. The van der Waals surface area contributed by atoms with Gasteiger partial charge in [0.15, 0.2) is 9.84 Å². The first kappa shape index (κ1) is 28.9. The number of aromatic amines is 1. The lowest BCUT2D eigenvalue weighted by molar-refractivity contribution is 0.485. The van der Waals surface area contributed by atoms with E-state index < -0.39 is 20.0 Å². The van der Waals surface area contributed by atoms with E-state index in [9.17, 15) is 16.8 Å². The molecule has 4 aromatic carbocycles. The molecule has 0 atom stereocenters. The van der Waals surface area contributed by atoms with Gasteiger partial charge >= 0.3 is 10.1 Å². The number of aromatic nitrogens is 2. The molecule has 10 heteroatoms. The van der Waals surface area contributed by atoms with Crippen LogP contribution in [-0.4, -0.2) is 38.4 Å². The summed E-state index contributed by atoms with van der Waals surface area (Å²) in [5.74, 6) is 0.150. The van der Waals surface area contributed by atoms with Gasteiger partial charge in [-0.1, -0.05) is 66.7 Å². The van der Waals surface area contributed by atoms with Crippen molar-refractivity contribution in [2.75, 3.05) is 11.6 Å². The van der Waals surface area contributed by atoms with Crippen LogP contribution in [0.15, 0.2) is 114 Å². The Hall–Kier alpha value is -4.18. The third-order valence-corrected chi connectivity index (χ3v) is 10.3. The minimum atomic E-state index is -3.75. The first-order valence-electron chi connectivity index (χ1n) is 13.6. The van der Waals surface area contributed by atoms with Crippen LogP contribution in [0.5, 0.6) is 5.75 Å². The average molecular weight is 631 g/mol. The number of halogens is 1. The molecule has 0 aliphatic rings. The van der Waals surface area contributed by atoms with Crippen LogP contribution in [0.3, 0.4) is 0 Å². The van der Waals surface area contributed by atoms with E-state index in [1.807, 2.05) is 48.5 Å². The van der Waals surface area contributed by atoms with E-state index in [0.717, 1.165) is 38.5 Å². The number of hydrogen-bond acceptors (Lipinski definition) is 6. The Kier molecular flexibility index (Phi) is 7.96. The smallest absolute Gasteiger partial charge is 0.309 e. The lowest BCUT2D eigenvalue weighted by Crippen LogP contribution is -2.14. The molecule has 0 saturated heterocycles. The number of fused-ring (bicyclic) bond motifs is 3. The Bertz CT molecular complexity index is 2130. The van der Waals surface area contributed by atoms with Crippen molar-refractivity contribution < 1.29 is 21.0 Å². The minimum absolute atomic E-state index is 0.136. The van der Waals surface area contributed by atoms with Crippen molar-refractivity contribution >= 4 is 53.5 Å². The molecule has 218 valence electrons. The van der Waals surface area contributed by atoms with E-state index in [4.69, 9.17) is 20.8 Å². The van der Waals surface area contributed by atoms with Gasteiger partial charge in [-0.2, -0.15) is 8.42 Å². The predicted octanol–water partition coefficient (Wildman–Crippen LogP) is 7.36. The normalized spacial score (nSPS) is 12.1. The van der Waals surface area contributed by atoms with Crippen molar-refractivity contribution in [1.29, 1.82) is 0 Å². The van der Waals surface area contributed by atoms with Gasteiger partial charge in [0.25, 0.3) is 0 Å². The lowest BCUT2D eigenvalue weighted by Gasteiger charge is -2.13. The van der Waals surface area contributed by atoms with E-state index in [1.54, 1.807) is 60.8 Å². The molecule has 1 N–H and O–H groups in total. The molecular formula is C33H27ClN2O5S2. The largest absolute Gasteiger partial charge is 0.382 e. The molecule has 0 saturated carbocycles. The Morgan fingerprint density at radius 3 is 2.19 bits per heavy atom. The number of sulfone groups is 1. The SMILES string of the molecule is O=S(=O)(CCCCl)Oc1ccc(-c2cnc3[nH]c4ccc(CS(=O)(=O)c5ccccc5)cc4c3c2-c2ccccc2)cc1. The summed E-state index contributed by atoms with van der Waals surface area (Å²) >= 11 is 5.64. The van der Waals surface area contributed by atoms with Crippen LogP contribution in [0.2, 0.25) is 0 Å². The van der Waals surface area contributed by atoms with E-state index in [1.165, 1.54) is 0 Å². The third-order valence-electron chi connectivity index (χ3n) is 7.12. The maximum Gasteiger partial charge on any atom is 0.309 e. The fraction of sp³-hybridized carbons (Fsp3) is 0.121. The summed E-state index contributed by atoms with van der Waals surface area (Å²) in [5, 5.41) is 1.72. The Labute approximate surface area is 255 Å². The second-order valence-electron chi connectivity index (χ2n) is 10.1. The first-order chi connectivity index (χ1) is 20.7. The van der Waals surface area contributed by atoms with Crippen LogP contribution in [-0.2, 0) is 25.7 Å². The van der Waals surface area contributed by atoms with Gasteiger partial charge in [-0.3, -0.25) is 0 Å². The Balaban J connectivity index is 1.47. The number of hydrogen-bond donors (Lipinski definition) is 1. The molecule has 6 aromatic rings. The topological polar surface area (TPSA) is 106 Å². The van der Waals surface area contributed by atoms with Crippen molar-refractivity contribution in [1.82, 2.24) is 9.97 Å². The summed E-state index contributed by atoms with van der Waals surface area (Å²) in [6.07, 6.45) is 2.09. The van der Waals surface area contributed by atoms with Crippen LogP contribution in [0.25, 0.3) is 44.2 Å². The fourth-order valence-electron chi connectivity index (χ4n) is 5.16. The van der Waals surface area contributed by atoms with Gasteiger partial charge in [-0.25, -0.2) is 13.4 Å². The van der Waals surface area contributed by atoms with Gasteiger partial charge < -0.3 is 9.17 Å². The summed E-state index contributed by atoms with van der Waals surface area (Å²) in [6.45, 7) is 0. The van der Waals surface area contributed by atoms with Crippen molar-refractivity contribution in [3.05, 3.63) is 115 Å². The molecule has 0 fully saturated rings. The third kappa shape index (κ3) is 6.15. The first-order valence-corrected chi connectivity index (χ1v) is 17.4. The monoisotopic (exact) mass is 630 g/mol. The standard InChI is InChI=1S/C33H27ClN2O5S2/c34-18-7-19-43(39,40)41-26-15-13-24(14-16-26)29-21-35-33-32(31(29)25-8-3-1-4-9-25)28-20-23(12-17-30(28)36-33)22-42(37,38)27-10-5-2-6-11-27/h1-6,8-17,20-21H,7,18-19,22H2,(H,35,36). The molecule has 7 nitrogen and oxygen atoms in total. The number of pyridine rings is 1. The summed E-state index contributed by atoms with van der Waals surface area (Å²) in [4.78, 5) is 8.40. The fourth-order valence-corrected chi connectivity index (χ4v) is 7.79. The van der Waals surface area contributed by atoms with E-state index >= 15 is 0 Å². The summed E-state index contributed by atoms with van der Waals surface area (Å²) in [5.41, 5.74) is 5.70. The van der Waals surface area contributed by atoms with Gasteiger partial charge in [-0.05, 0) is 59.5 Å². The highest BCUT2D eigenvalue weighted by Crippen LogP contribution is 2.41. The van der Waals surface area contributed by atoms with E-state index in [2.05, 4.69) is 4.98 Å². The van der Waals surface area contributed by atoms with Gasteiger partial charge in [0, 0.05) is 39.5 Å². The highest BCUT2D eigenvalue weighted by Gasteiger charge is 2.20. The molecule has 0 aliphatic carbocycles. The van der Waals surface area contributed by atoms with Crippen LogP contribution >= 0.6 is 11.6 Å². The Morgan fingerprint density at radius 1 is 0.791 bits per heavy atom. The highest BCUT2D eigenvalue weighted by atomic mass is 35.5. The van der Waals surface area contributed by atoms with Crippen molar-refractivity contribution in [3.63, 3.8) is 0 Å².